The Kier molecular flexibility index (Phi) is 7.12. The van der Waals surface area contributed by atoms with Crippen molar-refractivity contribution in [1.82, 2.24) is 10.6 Å². The molecule has 4 rings (SSSR count). The first-order valence-electron chi connectivity index (χ1n) is 11.0. The van der Waals surface area contributed by atoms with Crippen LogP contribution in [-0.4, -0.2) is 26.4 Å². The van der Waals surface area contributed by atoms with Gasteiger partial charge in [0.2, 0.25) is 0 Å². The number of anilines is 1. The number of ether oxygens (including phenoxy) is 1. The summed E-state index contributed by atoms with van der Waals surface area (Å²) in [7, 11) is -3.95. The van der Waals surface area contributed by atoms with Crippen molar-refractivity contribution in [2.24, 2.45) is 0 Å². The first-order valence-corrected chi connectivity index (χ1v) is 12.5. The molecule has 0 atom stereocenters. The second-order valence-electron chi connectivity index (χ2n) is 7.95. The second-order valence-corrected chi connectivity index (χ2v) is 9.63. The van der Waals surface area contributed by atoms with E-state index in [4.69, 9.17) is 4.74 Å². The zero-order valence-electron chi connectivity index (χ0n) is 18.4. The van der Waals surface area contributed by atoms with E-state index in [1.165, 1.54) is 24.3 Å². The molecule has 1 aliphatic carbocycles. The minimum Gasteiger partial charge on any atom is -0.455 e. The standard InChI is InChI=1S/C25H25N3O5S/c29-24(27-25(30)26-19-8-4-5-9-19)18-14-16-21(17-15-18)34(31,32)28-22-12-6-7-13-23(22)33-20-10-2-1-3-11-20/h1-3,6-7,10-17,19,28H,4-5,8-9H2,(H2,26,27,29,30). The largest absolute Gasteiger partial charge is 0.455 e. The molecule has 1 saturated carbocycles. The minimum absolute atomic E-state index is 0.0334. The number of urea groups is 1. The number of para-hydroxylation sites is 3. The topological polar surface area (TPSA) is 114 Å². The summed E-state index contributed by atoms with van der Waals surface area (Å²) >= 11 is 0. The van der Waals surface area contributed by atoms with Gasteiger partial charge in [-0.05, 0) is 61.4 Å². The van der Waals surface area contributed by atoms with Gasteiger partial charge in [-0.2, -0.15) is 0 Å². The van der Waals surface area contributed by atoms with E-state index in [1.807, 2.05) is 18.2 Å². The summed E-state index contributed by atoms with van der Waals surface area (Å²) in [6, 6.07) is 20.6. The number of benzene rings is 3. The number of carbonyl (C=O) groups excluding carboxylic acids is 2. The highest BCUT2D eigenvalue weighted by Gasteiger charge is 2.20. The van der Waals surface area contributed by atoms with E-state index in [9.17, 15) is 18.0 Å². The lowest BCUT2D eigenvalue weighted by molar-refractivity contribution is 0.0963. The predicted octanol–water partition coefficient (Wildman–Crippen LogP) is 4.66. The molecule has 176 valence electrons. The van der Waals surface area contributed by atoms with Crippen LogP contribution in [0.15, 0.2) is 83.8 Å². The third kappa shape index (κ3) is 5.93. The van der Waals surface area contributed by atoms with Gasteiger partial charge in [-0.1, -0.05) is 43.2 Å². The van der Waals surface area contributed by atoms with Crippen LogP contribution in [0.4, 0.5) is 10.5 Å². The van der Waals surface area contributed by atoms with Crippen molar-refractivity contribution in [3.63, 3.8) is 0 Å². The lowest BCUT2D eigenvalue weighted by Crippen LogP contribution is -2.43. The first-order chi connectivity index (χ1) is 16.4. The molecule has 9 heteroatoms. The number of amides is 3. The van der Waals surface area contributed by atoms with Gasteiger partial charge in [0.25, 0.3) is 15.9 Å². The van der Waals surface area contributed by atoms with Crippen LogP contribution in [-0.2, 0) is 10.0 Å². The van der Waals surface area contributed by atoms with E-state index in [1.54, 1.807) is 36.4 Å². The Morgan fingerprint density at radius 3 is 2.18 bits per heavy atom. The molecule has 0 saturated heterocycles. The van der Waals surface area contributed by atoms with Crippen LogP contribution in [0.3, 0.4) is 0 Å². The van der Waals surface area contributed by atoms with Crippen LogP contribution in [0.1, 0.15) is 36.0 Å². The van der Waals surface area contributed by atoms with Crippen LogP contribution in [0.2, 0.25) is 0 Å². The number of rotatable bonds is 7. The molecule has 0 unspecified atom stereocenters. The van der Waals surface area contributed by atoms with Crippen LogP contribution in [0.25, 0.3) is 0 Å². The highest BCUT2D eigenvalue weighted by atomic mass is 32.2. The molecule has 34 heavy (non-hydrogen) atoms. The number of carbonyl (C=O) groups is 2. The van der Waals surface area contributed by atoms with Crippen LogP contribution < -0.4 is 20.1 Å². The van der Waals surface area contributed by atoms with Crippen molar-refractivity contribution in [1.29, 1.82) is 0 Å². The van der Waals surface area contributed by atoms with Crippen LogP contribution >= 0.6 is 0 Å². The molecule has 0 aromatic heterocycles. The molecule has 0 aliphatic heterocycles. The highest BCUT2D eigenvalue weighted by Crippen LogP contribution is 2.31. The van der Waals surface area contributed by atoms with Gasteiger partial charge in [0.1, 0.15) is 5.75 Å². The number of hydrogen-bond donors (Lipinski definition) is 3. The minimum atomic E-state index is -3.95. The zero-order chi connectivity index (χ0) is 24.0. The Morgan fingerprint density at radius 1 is 0.824 bits per heavy atom. The molecule has 0 heterocycles. The first kappa shape index (κ1) is 23.3. The summed E-state index contributed by atoms with van der Waals surface area (Å²) in [5.74, 6) is 0.317. The molecule has 3 aromatic rings. The van der Waals surface area contributed by atoms with E-state index in [2.05, 4.69) is 15.4 Å². The summed E-state index contributed by atoms with van der Waals surface area (Å²) in [6.45, 7) is 0. The van der Waals surface area contributed by atoms with Crippen molar-refractivity contribution >= 4 is 27.6 Å². The summed E-state index contributed by atoms with van der Waals surface area (Å²) in [4.78, 5) is 24.3. The van der Waals surface area contributed by atoms with Crippen molar-refractivity contribution in [3.8, 4) is 11.5 Å². The molecule has 0 spiro atoms. The Hall–Kier alpha value is -3.85. The Bertz CT molecular complexity index is 1260. The van der Waals surface area contributed by atoms with E-state index >= 15 is 0 Å². The van der Waals surface area contributed by atoms with Gasteiger partial charge < -0.3 is 10.1 Å². The third-order valence-electron chi connectivity index (χ3n) is 5.45. The maximum Gasteiger partial charge on any atom is 0.321 e. The van der Waals surface area contributed by atoms with Crippen molar-refractivity contribution < 1.29 is 22.7 Å². The molecule has 3 amide bonds. The number of sulfonamides is 1. The predicted molar refractivity (Wildman–Crippen MR) is 128 cm³/mol. The fraction of sp³-hybridized carbons (Fsp3) is 0.200. The average Bonchev–Trinajstić information content (AvgIpc) is 3.34. The maximum absolute atomic E-state index is 12.9. The highest BCUT2D eigenvalue weighted by molar-refractivity contribution is 7.92. The van der Waals surface area contributed by atoms with Gasteiger partial charge in [0, 0.05) is 11.6 Å². The van der Waals surface area contributed by atoms with Crippen LogP contribution in [0.5, 0.6) is 11.5 Å². The summed E-state index contributed by atoms with van der Waals surface area (Å²) in [5.41, 5.74) is 0.449. The number of imide groups is 1. The monoisotopic (exact) mass is 479 g/mol. The lowest BCUT2D eigenvalue weighted by atomic mass is 10.2. The van der Waals surface area contributed by atoms with Crippen molar-refractivity contribution in [2.45, 2.75) is 36.6 Å². The summed E-state index contributed by atoms with van der Waals surface area (Å²) < 4.78 is 34.2. The van der Waals surface area contributed by atoms with Gasteiger partial charge in [0.05, 0.1) is 10.6 Å². The second kappa shape index (κ2) is 10.4. The fourth-order valence-corrected chi connectivity index (χ4v) is 4.78. The van der Waals surface area contributed by atoms with Crippen molar-refractivity contribution in [2.75, 3.05) is 4.72 Å². The van der Waals surface area contributed by atoms with Gasteiger partial charge >= 0.3 is 6.03 Å². The number of nitrogens with one attached hydrogen (secondary N) is 3. The van der Waals surface area contributed by atoms with E-state index in [-0.39, 0.29) is 22.2 Å². The van der Waals surface area contributed by atoms with Gasteiger partial charge in [-0.15, -0.1) is 0 Å². The summed E-state index contributed by atoms with van der Waals surface area (Å²) in [6.07, 6.45) is 3.93. The molecule has 0 radical (unpaired) electrons. The lowest BCUT2D eigenvalue weighted by Gasteiger charge is -2.14. The third-order valence-corrected chi connectivity index (χ3v) is 6.83. The fourth-order valence-electron chi connectivity index (χ4n) is 3.71. The SMILES string of the molecule is O=C(NC(=O)c1ccc(S(=O)(=O)Nc2ccccc2Oc2ccccc2)cc1)NC1CCCC1. The van der Waals surface area contributed by atoms with E-state index in [0.717, 1.165) is 25.7 Å². The summed E-state index contributed by atoms with van der Waals surface area (Å²) in [5, 5.41) is 5.06. The van der Waals surface area contributed by atoms with Crippen molar-refractivity contribution in [3.05, 3.63) is 84.4 Å². The molecule has 8 nitrogen and oxygen atoms in total. The molecule has 3 N–H and O–H groups in total. The normalized spacial score (nSPS) is 13.8. The van der Waals surface area contributed by atoms with Crippen LogP contribution in [0, 0.1) is 0 Å². The Morgan fingerprint density at radius 2 is 1.47 bits per heavy atom. The van der Waals surface area contributed by atoms with Gasteiger partial charge in [0.15, 0.2) is 5.75 Å². The average molecular weight is 480 g/mol. The van der Waals surface area contributed by atoms with E-state index in [0.29, 0.717) is 11.5 Å². The zero-order valence-corrected chi connectivity index (χ0v) is 19.2. The Labute approximate surface area is 198 Å². The molecular weight excluding hydrogens is 454 g/mol. The molecule has 3 aromatic carbocycles. The molecular formula is C25H25N3O5S. The smallest absolute Gasteiger partial charge is 0.321 e. The molecule has 1 aliphatic rings. The quantitative estimate of drug-likeness (QED) is 0.456. The maximum atomic E-state index is 12.9. The van der Waals surface area contributed by atoms with E-state index < -0.39 is 22.0 Å². The van der Waals surface area contributed by atoms with Gasteiger partial charge in [-0.25, -0.2) is 13.2 Å². The molecule has 0 bridgehead atoms. The van der Waals surface area contributed by atoms with Gasteiger partial charge in [-0.3, -0.25) is 14.8 Å². The molecule has 1 fully saturated rings. The number of hydrogen-bond acceptors (Lipinski definition) is 5. The Balaban J connectivity index is 1.42.